The first-order valence-corrected chi connectivity index (χ1v) is 7.18. The van der Waals surface area contributed by atoms with Gasteiger partial charge in [-0.1, -0.05) is 42.5 Å². The van der Waals surface area contributed by atoms with Crippen molar-refractivity contribution >= 4 is 23.8 Å². The minimum Gasteiger partial charge on any atom is -0.305 e. The van der Waals surface area contributed by atoms with Crippen molar-refractivity contribution in [2.24, 2.45) is 0 Å². The molecule has 114 valence electrons. The van der Waals surface area contributed by atoms with Crippen molar-refractivity contribution in [1.82, 2.24) is 4.90 Å². The smallest absolute Gasteiger partial charge is 0.262 e. The molecule has 0 saturated carbocycles. The van der Waals surface area contributed by atoms with Gasteiger partial charge in [0.25, 0.3) is 11.8 Å². The van der Waals surface area contributed by atoms with Crippen LogP contribution in [0.1, 0.15) is 26.3 Å². The maximum Gasteiger partial charge on any atom is 0.262 e. The maximum absolute atomic E-state index is 12.5. The normalized spacial score (nSPS) is 14.5. The molecule has 1 N–H and O–H groups in total. The number of amides is 2. The topological polar surface area (TPSA) is 78.3 Å². The van der Waals surface area contributed by atoms with E-state index in [1.165, 1.54) is 0 Å². The van der Waals surface area contributed by atoms with E-state index in [-0.39, 0.29) is 6.42 Å². The number of ketones is 1. The summed E-state index contributed by atoms with van der Waals surface area (Å²) in [5.41, 5.74) is 1.42. The lowest BCUT2D eigenvalue weighted by atomic mass is 10.0. The van der Waals surface area contributed by atoms with E-state index in [1.54, 1.807) is 24.3 Å². The summed E-state index contributed by atoms with van der Waals surface area (Å²) in [5.74, 6) is -1.54. The van der Waals surface area contributed by atoms with Crippen LogP contribution in [-0.4, -0.2) is 34.8 Å². The molecule has 1 aliphatic heterocycles. The quantitative estimate of drug-likeness (QED) is 0.679. The number of carbonyl (C=O) groups is 3. The largest absolute Gasteiger partial charge is 0.305 e. The van der Waals surface area contributed by atoms with Crippen LogP contribution in [0.3, 0.4) is 0 Å². The first-order chi connectivity index (χ1) is 11.1. The number of benzene rings is 2. The predicted molar refractivity (Wildman–Crippen MR) is 84.7 cm³/mol. The Balaban J connectivity index is 1.98. The fourth-order valence-electron chi connectivity index (χ4n) is 2.74. The Hall–Kier alpha value is -3.08. The van der Waals surface area contributed by atoms with Crippen molar-refractivity contribution in [2.45, 2.75) is 12.5 Å². The number of Topliss-reactive ketones (excluding diaryl/α,β-unsaturated/α-hetero) is 1. The molecule has 0 aliphatic carbocycles. The van der Waals surface area contributed by atoms with Crippen LogP contribution >= 0.6 is 0 Å². The van der Waals surface area contributed by atoms with Gasteiger partial charge in [0, 0.05) is 6.42 Å². The number of imide groups is 1. The van der Waals surface area contributed by atoms with Crippen molar-refractivity contribution < 1.29 is 14.4 Å². The monoisotopic (exact) mass is 306 g/mol. The molecule has 3 rings (SSSR count). The summed E-state index contributed by atoms with van der Waals surface area (Å²) >= 11 is 0. The van der Waals surface area contributed by atoms with E-state index >= 15 is 0 Å². The minimum atomic E-state index is -0.998. The molecule has 0 spiro atoms. The fraction of sp³-hybridized carbons (Fsp3) is 0.111. The molecule has 1 heterocycles. The van der Waals surface area contributed by atoms with Gasteiger partial charge < -0.3 is 5.41 Å². The lowest BCUT2D eigenvalue weighted by Crippen LogP contribution is -2.46. The Labute approximate surface area is 133 Å². The molecule has 1 unspecified atom stereocenters. The van der Waals surface area contributed by atoms with E-state index in [1.807, 2.05) is 30.3 Å². The zero-order chi connectivity index (χ0) is 16.4. The summed E-state index contributed by atoms with van der Waals surface area (Å²) in [6.07, 6.45) is 0.859. The summed E-state index contributed by atoms with van der Waals surface area (Å²) in [4.78, 5) is 38.2. The number of hydrogen-bond donors (Lipinski definition) is 1. The second kappa shape index (κ2) is 5.96. The molecule has 2 aromatic rings. The first kappa shape index (κ1) is 14.8. The molecule has 5 nitrogen and oxygen atoms in total. The number of fused-ring (bicyclic) bond motifs is 1. The molecule has 1 aliphatic rings. The van der Waals surface area contributed by atoms with Gasteiger partial charge in [-0.25, -0.2) is 0 Å². The van der Waals surface area contributed by atoms with E-state index in [0.29, 0.717) is 17.3 Å². The molecule has 0 fully saturated rings. The summed E-state index contributed by atoms with van der Waals surface area (Å²) in [5, 5.41) is 7.24. The summed E-state index contributed by atoms with van der Waals surface area (Å²) in [6.45, 7) is 0. The Morgan fingerprint density at radius 2 is 1.48 bits per heavy atom. The van der Waals surface area contributed by atoms with Crippen molar-refractivity contribution in [2.75, 3.05) is 0 Å². The maximum atomic E-state index is 12.5. The third-order valence-electron chi connectivity index (χ3n) is 3.88. The lowest BCUT2D eigenvalue weighted by molar-refractivity contribution is -0.116. The molecule has 5 heteroatoms. The van der Waals surface area contributed by atoms with Crippen molar-refractivity contribution in [1.29, 1.82) is 5.41 Å². The minimum absolute atomic E-state index is 0.195. The van der Waals surface area contributed by atoms with E-state index in [4.69, 9.17) is 5.41 Å². The van der Waals surface area contributed by atoms with E-state index in [9.17, 15) is 14.4 Å². The lowest BCUT2D eigenvalue weighted by Gasteiger charge is -2.23. The predicted octanol–water partition coefficient (Wildman–Crippen LogP) is 2.11. The van der Waals surface area contributed by atoms with Crippen LogP contribution in [0.4, 0.5) is 0 Å². The highest BCUT2D eigenvalue weighted by atomic mass is 16.2. The first-order valence-electron chi connectivity index (χ1n) is 7.18. The number of nitrogens with one attached hydrogen (secondary N) is 1. The van der Waals surface area contributed by atoms with Crippen LogP contribution in [-0.2, 0) is 11.2 Å². The third kappa shape index (κ3) is 2.57. The van der Waals surface area contributed by atoms with E-state index in [2.05, 4.69) is 0 Å². The number of nitrogens with zero attached hydrogens (tertiary/aromatic N) is 1. The van der Waals surface area contributed by atoms with Gasteiger partial charge in [0.05, 0.1) is 17.3 Å². The second-order valence-corrected chi connectivity index (χ2v) is 5.28. The van der Waals surface area contributed by atoms with Crippen molar-refractivity contribution in [3.63, 3.8) is 0 Å². The molecule has 0 bridgehead atoms. The summed E-state index contributed by atoms with van der Waals surface area (Å²) < 4.78 is 0. The van der Waals surface area contributed by atoms with Gasteiger partial charge in [-0.05, 0) is 17.7 Å². The molecule has 0 aromatic heterocycles. The van der Waals surface area contributed by atoms with Gasteiger partial charge >= 0.3 is 0 Å². The van der Waals surface area contributed by atoms with Gasteiger partial charge in [0.2, 0.25) is 0 Å². The van der Waals surface area contributed by atoms with Crippen LogP contribution in [0.25, 0.3) is 0 Å². The van der Waals surface area contributed by atoms with Crippen LogP contribution in [0.5, 0.6) is 0 Å². The van der Waals surface area contributed by atoms with Crippen LogP contribution < -0.4 is 0 Å². The standard InChI is InChI=1S/C18H14N2O3/c19-11-16(21)15(10-12-6-2-1-3-7-12)20-17(22)13-8-4-5-9-14(13)18(20)23/h1-9,11,15,19H,10H2. The van der Waals surface area contributed by atoms with Crippen LogP contribution in [0.15, 0.2) is 54.6 Å². The van der Waals surface area contributed by atoms with Crippen LogP contribution in [0, 0.1) is 5.41 Å². The molecule has 0 saturated heterocycles. The van der Waals surface area contributed by atoms with Gasteiger partial charge in [-0.15, -0.1) is 0 Å². The van der Waals surface area contributed by atoms with Crippen molar-refractivity contribution in [3.05, 3.63) is 71.3 Å². The third-order valence-corrected chi connectivity index (χ3v) is 3.88. The molecular weight excluding hydrogens is 292 g/mol. The highest BCUT2D eigenvalue weighted by molar-refractivity contribution is 6.32. The second-order valence-electron chi connectivity index (χ2n) is 5.28. The Kier molecular flexibility index (Phi) is 3.85. The highest BCUT2D eigenvalue weighted by Gasteiger charge is 2.41. The molecule has 0 radical (unpaired) electrons. The molecule has 1 atom stereocenters. The number of hydrogen-bond acceptors (Lipinski definition) is 4. The molecule has 2 aromatic carbocycles. The average molecular weight is 306 g/mol. The van der Waals surface area contributed by atoms with Gasteiger partial charge in [-0.2, -0.15) is 0 Å². The summed E-state index contributed by atoms with van der Waals surface area (Å²) in [6, 6.07) is 14.6. The van der Waals surface area contributed by atoms with Crippen LogP contribution in [0.2, 0.25) is 0 Å². The fourth-order valence-corrected chi connectivity index (χ4v) is 2.74. The Bertz CT molecular complexity index is 764. The molecule has 2 amide bonds. The Morgan fingerprint density at radius 3 is 2.00 bits per heavy atom. The van der Waals surface area contributed by atoms with Gasteiger partial charge in [0.1, 0.15) is 6.04 Å². The van der Waals surface area contributed by atoms with Gasteiger partial charge in [-0.3, -0.25) is 19.3 Å². The number of carbonyl (C=O) groups excluding carboxylic acids is 3. The Morgan fingerprint density at radius 1 is 0.957 bits per heavy atom. The molecule has 23 heavy (non-hydrogen) atoms. The van der Waals surface area contributed by atoms with E-state index in [0.717, 1.165) is 10.5 Å². The molecular formula is C18H14N2O3. The highest BCUT2D eigenvalue weighted by Crippen LogP contribution is 2.26. The zero-order valence-electron chi connectivity index (χ0n) is 12.2. The number of rotatable bonds is 5. The summed E-state index contributed by atoms with van der Waals surface area (Å²) in [7, 11) is 0. The SMILES string of the molecule is N=CC(=O)C(Cc1ccccc1)N1C(=O)c2ccccc2C1=O. The van der Waals surface area contributed by atoms with E-state index < -0.39 is 23.6 Å². The zero-order valence-corrected chi connectivity index (χ0v) is 12.2. The van der Waals surface area contributed by atoms with Crippen molar-refractivity contribution in [3.8, 4) is 0 Å². The van der Waals surface area contributed by atoms with Gasteiger partial charge in [0.15, 0.2) is 5.78 Å². The average Bonchev–Trinajstić information content (AvgIpc) is 2.85.